The predicted octanol–water partition coefficient (Wildman–Crippen LogP) is 2.24. The normalized spacial score (nSPS) is 10.9. The molecule has 1 aromatic heterocycles. The summed E-state index contributed by atoms with van der Waals surface area (Å²) in [5.41, 5.74) is 6.32. The van der Waals surface area contributed by atoms with Crippen LogP contribution in [0.3, 0.4) is 0 Å². The Labute approximate surface area is 129 Å². The van der Waals surface area contributed by atoms with E-state index in [0.717, 1.165) is 0 Å². The summed E-state index contributed by atoms with van der Waals surface area (Å²) < 4.78 is 36.1. The summed E-state index contributed by atoms with van der Waals surface area (Å²) in [5.74, 6) is -0.172. The highest BCUT2D eigenvalue weighted by Gasteiger charge is 2.31. The lowest BCUT2D eigenvalue weighted by atomic mass is 10.2. The lowest BCUT2D eigenvalue weighted by Gasteiger charge is -2.07. The van der Waals surface area contributed by atoms with Gasteiger partial charge < -0.3 is 11.1 Å². The molecule has 0 aliphatic carbocycles. The Balaban J connectivity index is 0.00000242. The number of hydrogen-bond acceptors (Lipinski definition) is 4. The summed E-state index contributed by atoms with van der Waals surface area (Å²) in [6.07, 6.45) is -6.04. The molecule has 0 radical (unpaired) electrons. The number of alkyl halides is 3. The topological polar surface area (TPSA) is 96.7 Å². The third-order valence-electron chi connectivity index (χ3n) is 2.51. The van der Waals surface area contributed by atoms with Crippen LogP contribution in [0.25, 0.3) is 11.4 Å². The van der Waals surface area contributed by atoms with Crippen molar-refractivity contribution in [3.8, 4) is 11.4 Å². The summed E-state index contributed by atoms with van der Waals surface area (Å²) in [6.45, 7) is 0.221. The predicted molar refractivity (Wildman–Crippen MR) is 76.3 cm³/mol. The summed E-state index contributed by atoms with van der Waals surface area (Å²) >= 11 is 0. The summed E-state index contributed by atoms with van der Waals surface area (Å²) in [7, 11) is 0. The minimum Gasteiger partial charge on any atom is -0.326 e. The number of nitrogens with one attached hydrogen (secondary N) is 2. The molecule has 0 spiro atoms. The number of rotatable bonds is 4. The second-order valence-corrected chi connectivity index (χ2v) is 4.23. The van der Waals surface area contributed by atoms with E-state index >= 15 is 0 Å². The molecule has 0 atom stereocenters. The van der Waals surface area contributed by atoms with Gasteiger partial charge in [0.15, 0.2) is 5.82 Å². The van der Waals surface area contributed by atoms with Crippen LogP contribution in [0.5, 0.6) is 0 Å². The Morgan fingerprint density at radius 1 is 1.27 bits per heavy atom. The minimum absolute atomic E-state index is 0. The SMILES string of the molecule is Cl.NCc1nc(-c2ccc(NC(=O)CC(F)(F)F)cc2)n[nH]1. The maximum atomic E-state index is 12.0. The number of carbonyl (C=O) groups excluding carboxylic acids is 1. The standard InChI is InChI=1S/C12H12F3N5O.ClH/c13-12(14,15)5-10(21)17-8-3-1-7(2-4-8)11-18-9(6-16)19-20-11;/h1-4H,5-6,16H2,(H,17,21)(H,18,19,20);1H. The van der Waals surface area contributed by atoms with Gasteiger partial charge in [0, 0.05) is 11.3 Å². The number of hydrogen-bond donors (Lipinski definition) is 3. The van der Waals surface area contributed by atoms with Crippen LogP contribution in [0.1, 0.15) is 12.2 Å². The van der Waals surface area contributed by atoms with Gasteiger partial charge in [0.2, 0.25) is 5.91 Å². The van der Waals surface area contributed by atoms with E-state index in [9.17, 15) is 18.0 Å². The van der Waals surface area contributed by atoms with Crippen molar-refractivity contribution in [2.45, 2.75) is 19.1 Å². The van der Waals surface area contributed by atoms with E-state index < -0.39 is 18.5 Å². The number of nitrogens with zero attached hydrogens (tertiary/aromatic N) is 2. The molecule has 1 aromatic carbocycles. The van der Waals surface area contributed by atoms with Gasteiger partial charge in [0.25, 0.3) is 0 Å². The number of halogens is 4. The van der Waals surface area contributed by atoms with Crippen LogP contribution < -0.4 is 11.1 Å². The van der Waals surface area contributed by atoms with Crippen LogP contribution in [0.4, 0.5) is 18.9 Å². The highest BCUT2D eigenvalue weighted by molar-refractivity contribution is 5.91. The Morgan fingerprint density at radius 2 is 1.91 bits per heavy atom. The van der Waals surface area contributed by atoms with Gasteiger partial charge in [-0.15, -0.1) is 12.4 Å². The molecule has 6 nitrogen and oxygen atoms in total. The van der Waals surface area contributed by atoms with Crippen LogP contribution in [0, 0.1) is 0 Å². The fourth-order valence-electron chi connectivity index (χ4n) is 1.61. The molecule has 1 heterocycles. The average molecular weight is 336 g/mol. The first kappa shape index (κ1) is 17.9. The largest absolute Gasteiger partial charge is 0.397 e. The summed E-state index contributed by atoms with van der Waals surface area (Å²) in [5, 5.41) is 8.76. The Hall–Kier alpha value is -2.13. The first-order valence-corrected chi connectivity index (χ1v) is 5.96. The van der Waals surface area contributed by atoms with E-state index in [2.05, 4.69) is 20.5 Å². The third kappa shape index (κ3) is 5.01. The highest BCUT2D eigenvalue weighted by Crippen LogP contribution is 2.21. The van der Waals surface area contributed by atoms with E-state index in [1.807, 2.05) is 0 Å². The quantitative estimate of drug-likeness (QED) is 0.798. The molecule has 0 saturated carbocycles. The number of benzene rings is 1. The van der Waals surface area contributed by atoms with E-state index in [4.69, 9.17) is 5.73 Å². The fourth-order valence-corrected chi connectivity index (χ4v) is 1.61. The highest BCUT2D eigenvalue weighted by atomic mass is 35.5. The molecule has 0 aliphatic heterocycles. The minimum atomic E-state index is -4.53. The summed E-state index contributed by atoms with van der Waals surface area (Å²) in [4.78, 5) is 15.3. The number of carbonyl (C=O) groups is 1. The first-order valence-electron chi connectivity index (χ1n) is 5.96. The Kier molecular flexibility index (Phi) is 5.89. The summed E-state index contributed by atoms with van der Waals surface area (Å²) in [6, 6.07) is 6.13. The fraction of sp³-hybridized carbons (Fsp3) is 0.250. The van der Waals surface area contributed by atoms with E-state index in [0.29, 0.717) is 17.2 Å². The van der Waals surface area contributed by atoms with Gasteiger partial charge in [-0.05, 0) is 24.3 Å². The van der Waals surface area contributed by atoms with Gasteiger partial charge in [0.05, 0.1) is 6.54 Å². The van der Waals surface area contributed by atoms with E-state index in [1.165, 1.54) is 12.1 Å². The second-order valence-electron chi connectivity index (χ2n) is 4.23. The van der Waals surface area contributed by atoms with Gasteiger partial charge in [-0.25, -0.2) is 4.98 Å². The Morgan fingerprint density at radius 3 is 2.41 bits per heavy atom. The number of aromatic nitrogens is 3. The average Bonchev–Trinajstić information content (AvgIpc) is 2.86. The maximum Gasteiger partial charge on any atom is 0.397 e. The van der Waals surface area contributed by atoms with Gasteiger partial charge in [-0.3, -0.25) is 9.89 Å². The van der Waals surface area contributed by atoms with E-state index in [-0.39, 0.29) is 24.6 Å². The molecule has 2 aromatic rings. The van der Waals surface area contributed by atoms with Crippen molar-refractivity contribution in [2.75, 3.05) is 5.32 Å². The smallest absolute Gasteiger partial charge is 0.326 e. The third-order valence-corrected chi connectivity index (χ3v) is 2.51. The molecule has 10 heteroatoms. The van der Waals surface area contributed by atoms with Crippen LogP contribution in [-0.4, -0.2) is 27.3 Å². The number of nitrogens with two attached hydrogens (primary N) is 1. The van der Waals surface area contributed by atoms with Crippen LogP contribution in [-0.2, 0) is 11.3 Å². The molecule has 1 amide bonds. The molecule has 0 fully saturated rings. The van der Waals surface area contributed by atoms with Crippen molar-refractivity contribution in [3.05, 3.63) is 30.1 Å². The molecule has 4 N–H and O–H groups in total. The molecule has 2 rings (SSSR count). The lowest BCUT2D eigenvalue weighted by molar-refractivity contribution is -0.150. The van der Waals surface area contributed by atoms with E-state index in [1.54, 1.807) is 12.1 Å². The first-order chi connectivity index (χ1) is 9.87. The molecule has 0 saturated heterocycles. The van der Waals surface area contributed by atoms with Gasteiger partial charge in [-0.1, -0.05) is 0 Å². The van der Waals surface area contributed by atoms with Crippen LogP contribution in [0.15, 0.2) is 24.3 Å². The van der Waals surface area contributed by atoms with Crippen molar-refractivity contribution >= 4 is 24.0 Å². The van der Waals surface area contributed by atoms with Gasteiger partial charge in [-0.2, -0.15) is 18.3 Å². The molecular formula is C12H13ClF3N5O. The van der Waals surface area contributed by atoms with Crippen molar-refractivity contribution in [1.29, 1.82) is 0 Å². The van der Waals surface area contributed by atoms with Gasteiger partial charge in [0.1, 0.15) is 12.2 Å². The zero-order valence-electron chi connectivity index (χ0n) is 11.1. The molecule has 0 aliphatic rings. The maximum absolute atomic E-state index is 12.0. The Bertz CT molecular complexity index is 626. The van der Waals surface area contributed by atoms with Crippen molar-refractivity contribution in [2.24, 2.45) is 5.73 Å². The molecule has 0 bridgehead atoms. The zero-order chi connectivity index (χ0) is 15.5. The molecular weight excluding hydrogens is 323 g/mol. The van der Waals surface area contributed by atoms with Crippen LogP contribution in [0.2, 0.25) is 0 Å². The second kappa shape index (κ2) is 7.23. The number of H-pyrrole nitrogens is 1. The lowest BCUT2D eigenvalue weighted by Crippen LogP contribution is -2.21. The van der Waals surface area contributed by atoms with Crippen molar-refractivity contribution < 1.29 is 18.0 Å². The molecule has 120 valence electrons. The molecule has 0 unspecified atom stereocenters. The number of amides is 1. The number of aromatic amines is 1. The van der Waals surface area contributed by atoms with Gasteiger partial charge >= 0.3 is 6.18 Å². The van der Waals surface area contributed by atoms with Crippen molar-refractivity contribution in [3.63, 3.8) is 0 Å². The van der Waals surface area contributed by atoms with Crippen molar-refractivity contribution in [1.82, 2.24) is 15.2 Å². The molecule has 22 heavy (non-hydrogen) atoms. The van der Waals surface area contributed by atoms with Crippen LogP contribution >= 0.6 is 12.4 Å². The zero-order valence-corrected chi connectivity index (χ0v) is 12.0. The number of anilines is 1. The monoisotopic (exact) mass is 335 g/mol.